The quantitative estimate of drug-likeness (QED) is 0.511. The van der Waals surface area contributed by atoms with E-state index in [9.17, 15) is 13.2 Å². The first kappa shape index (κ1) is 21.6. The Kier molecular flexibility index (Phi) is 7.24. The largest absolute Gasteiger partial charge is 0.299 e. The standard InChI is InChI=1S/C17H24N4O3S3/c1-6-14(15(22)18-16-19-20-17(26-16)25-11(2)3)21(27(5,23)24)13-9-7-12(4)8-10-13/h7-11,14H,6H2,1-5H3,(H,18,19,22)/t14-/m0/s1. The molecule has 1 amide bonds. The van der Waals surface area contributed by atoms with Crippen molar-refractivity contribution in [3.63, 3.8) is 0 Å². The lowest BCUT2D eigenvalue weighted by Crippen LogP contribution is -2.47. The molecule has 10 heteroatoms. The number of amides is 1. The number of carbonyl (C=O) groups is 1. The van der Waals surface area contributed by atoms with Crippen LogP contribution in [-0.2, 0) is 14.8 Å². The molecule has 1 atom stereocenters. The molecule has 148 valence electrons. The van der Waals surface area contributed by atoms with Gasteiger partial charge in [0.05, 0.1) is 11.9 Å². The van der Waals surface area contributed by atoms with Crippen LogP contribution >= 0.6 is 23.1 Å². The summed E-state index contributed by atoms with van der Waals surface area (Å²) in [7, 11) is -3.65. The first-order valence-electron chi connectivity index (χ1n) is 8.49. The molecule has 1 aromatic heterocycles. The van der Waals surface area contributed by atoms with Crippen molar-refractivity contribution in [2.75, 3.05) is 15.9 Å². The van der Waals surface area contributed by atoms with E-state index < -0.39 is 22.0 Å². The molecule has 0 aliphatic rings. The fourth-order valence-electron chi connectivity index (χ4n) is 2.45. The highest BCUT2D eigenvalue weighted by molar-refractivity contribution is 8.01. The second-order valence-corrected chi connectivity index (χ2v) is 11.0. The van der Waals surface area contributed by atoms with Gasteiger partial charge in [0.2, 0.25) is 21.1 Å². The van der Waals surface area contributed by atoms with Gasteiger partial charge in [0.1, 0.15) is 6.04 Å². The SMILES string of the molecule is CC[C@@H](C(=O)Nc1nnc(SC(C)C)s1)N(c1ccc(C)cc1)S(C)(=O)=O. The molecule has 2 aromatic rings. The number of thioether (sulfide) groups is 1. The molecule has 0 aliphatic heterocycles. The Bertz CT molecular complexity index is 879. The molecule has 27 heavy (non-hydrogen) atoms. The lowest BCUT2D eigenvalue weighted by Gasteiger charge is -2.29. The summed E-state index contributed by atoms with van der Waals surface area (Å²) >= 11 is 2.83. The number of hydrogen-bond donors (Lipinski definition) is 1. The summed E-state index contributed by atoms with van der Waals surface area (Å²) in [6.45, 7) is 7.78. The molecule has 0 unspecified atom stereocenters. The van der Waals surface area contributed by atoms with Crippen LogP contribution in [0.25, 0.3) is 0 Å². The number of nitrogens with zero attached hydrogens (tertiary/aromatic N) is 3. The number of sulfonamides is 1. The third-order valence-electron chi connectivity index (χ3n) is 3.59. The predicted octanol–water partition coefficient (Wildman–Crippen LogP) is 3.53. The van der Waals surface area contributed by atoms with Gasteiger partial charge in [0, 0.05) is 5.25 Å². The fraction of sp³-hybridized carbons (Fsp3) is 0.471. The molecule has 1 aromatic carbocycles. The minimum atomic E-state index is -3.65. The number of aromatic nitrogens is 2. The Morgan fingerprint density at radius 2 is 1.89 bits per heavy atom. The maximum Gasteiger partial charge on any atom is 0.250 e. The van der Waals surface area contributed by atoms with E-state index in [-0.39, 0.29) is 0 Å². The summed E-state index contributed by atoms with van der Waals surface area (Å²) in [5, 5.41) is 11.4. The van der Waals surface area contributed by atoms with Crippen LogP contribution in [0.2, 0.25) is 0 Å². The van der Waals surface area contributed by atoms with Crippen molar-refractivity contribution < 1.29 is 13.2 Å². The number of aryl methyl sites for hydroxylation is 1. The van der Waals surface area contributed by atoms with Gasteiger partial charge in [0.15, 0.2) is 4.34 Å². The number of rotatable bonds is 8. The Balaban J connectivity index is 2.26. The van der Waals surface area contributed by atoms with Gasteiger partial charge in [-0.1, -0.05) is 61.6 Å². The minimum Gasteiger partial charge on any atom is -0.299 e. The van der Waals surface area contributed by atoms with E-state index in [1.54, 1.807) is 30.8 Å². The van der Waals surface area contributed by atoms with Crippen LogP contribution in [0.4, 0.5) is 10.8 Å². The second-order valence-electron chi connectivity index (χ2n) is 6.35. The zero-order valence-electron chi connectivity index (χ0n) is 16.0. The maximum atomic E-state index is 12.8. The average Bonchev–Trinajstić information content (AvgIpc) is 2.98. The van der Waals surface area contributed by atoms with Gasteiger partial charge in [-0.25, -0.2) is 8.42 Å². The lowest BCUT2D eigenvalue weighted by atomic mass is 10.1. The van der Waals surface area contributed by atoms with Gasteiger partial charge in [-0.2, -0.15) is 0 Å². The number of anilines is 2. The van der Waals surface area contributed by atoms with E-state index >= 15 is 0 Å². The molecule has 0 aliphatic carbocycles. The molecule has 1 heterocycles. The highest BCUT2D eigenvalue weighted by atomic mass is 32.2. The molecule has 0 bridgehead atoms. The summed E-state index contributed by atoms with van der Waals surface area (Å²) in [5.74, 6) is -0.430. The lowest BCUT2D eigenvalue weighted by molar-refractivity contribution is -0.117. The van der Waals surface area contributed by atoms with Crippen LogP contribution in [-0.4, -0.2) is 42.1 Å². The molecule has 0 radical (unpaired) electrons. The van der Waals surface area contributed by atoms with Crippen molar-refractivity contribution in [3.8, 4) is 0 Å². The molecule has 0 saturated heterocycles. The first-order chi connectivity index (χ1) is 12.6. The van der Waals surface area contributed by atoms with E-state index in [4.69, 9.17) is 0 Å². The van der Waals surface area contributed by atoms with Gasteiger partial charge in [0.25, 0.3) is 0 Å². The number of hydrogen-bond acceptors (Lipinski definition) is 7. The molecular weight excluding hydrogens is 404 g/mol. The topological polar surface area (TPSA) is 92.3 Å². The van der Waals surface area contributed by atoms with Crippen molar-refractivity contribution in [1.29, 1.82) is 0 Å². The van der Waals surface area contributed by atoms with E-state index in [0.29, 0.717) is 22.5 Å². The molecule has 0 saturated carbocycles. The summed E-state index contributed by atoms with van der Waals surface area (Å²) in [5.41, 5.74) is 1.46. The Morgan fingerprint density at radius 1 is 1.26 bits per heavy atom. The van der Waals surface area contributed by atoms with Crippen molar-refractivity contribution in [1.82, 2.24) is 10.2 Å². The van der Waals surface area contributed by atoms with Crippen LogP contribution in [0.3, 0.4) is 0 Å². The number of carbonyl (C=O) groups excluding carboxylic acids is 1. The fourth-order valence-corrected chi connectivity index (χ4v) is 5.64. The second kappa shape index (κ2) is 9.03. The highest BCUT2D eigenvalue weighted by Gasteiger charge is 2.32. The summed E-state index contributed by atoms with van der Waals surface area (Å²) in [6.07, 6.45) is 1.42. The maximum absolute atomic E-state index is 12.8. The predicted molar refractivity (Wildman–Crippen MR) is 112 cm³/mol. The van der Waals surface area contributed by atoms with Crippen LogP contribution in [0.15, 0.2) is 28.6 Å². The number of nitrogens with one attached hydrogen (secondary N) is 1. The van der Waals surface area contributed by atoms with E-state index in [2.05, 4.69) is 15.5 Å². The van der Waals surface area contributed by atoms with Crippen LogP contribution in [0.1, 0.15) is 32.8 Å². The van der Waals surface area contributed by atoms with Gasteiger partial charge < -0.3 is 0 Å². The zero-order chi connectivity index (χ0) is 20.2. The molecule has 7 nitrogen and oxygen atoms in total. The van der Waals surface area contributed by atoms with Crippen molar-refractivity contribution in [2.45, 2.75) is 49.7 Å². The smallest absolute Gasteiger partial charge is 0.250 e. The minimum absolute atomic E-state index is 0.319. The van der Waals surface area contributed by atoms with E-state index in [1.807, 2.05) is 32.9 Å². The van der Waals surface area contributed by atoms with Gasteiger partial charge >= 0.3 is 0 Å². The molecule has 1 N–H and O–H groups in total. The van der Waals surface area contributed by atoms with Gasteiger partial charge in [-0.3, -0.25) is 14.4 Å². The van der Waals surface area contributed by atoms with Crippen molar-refractivity contribution in [2.24, 2.45) is 0 Å². The molecule has 2 rings (SSSR count). The van der Waals surface area contributed by atoms with E-state index in [0.717, 1.165) is 20.5 Å². The van der Waals surface area contributed by atoms with Gasteiger partial charge in [-0.15, -0.1) is 10.2 Å². The third kappa shape index (κ3) is 5.91. The van der Waals surface area contributed by atoms with Crippen LogP contribution in [0, 0.1) is 6.92 Å². The summed E-state index contributed by atoms with van der Waals surface area (Å²) < 4.78 is 26.7. The van der Waals surface area contributed by atoms with Crippen molar-refractivity contribution >= 4 is 49.8 Å². The van der Waals surface area contributed by atoms with Crippen LogP contribution < -0.4 is 9.62 Å². The van der Waals surface area contributed by atoms with Gasteiger partial charge in [-0.05, 0) is 25.5 Å². The van der Waals surface area contributed by atoms with Crippen LogP contribution in [0.5, 0.6) is 0 Å². The first-order valence-corrected chi connectivity index (χ1v) is 12.0. The number of benzene rings is 1. The zero-order valence-corrected chi connectivity index (χ0v) is 18.4. The van der Waals surface area contributed by atoms with E-state index in [1.165, 1.54) is 11.3 Å². The normalized spacial score (nSPS) is 12.8. The highest BCUT2D eigenvalue weighted by Crippen LogP contribution is 2.29. The Labute approximate surface area is 168 Å². The molecular formula is C17H24N4O3S3. The molecule has 0 fully saturated rings. The Hall–Kier alpha value is -1.65. The molecule has 0 spiro atoms. The third-order valence-corrected chi connectivity index (χ3v) is 6.70. The monoisotopic (exact) mass is 428 g/mol. The average molecular weight is 429 g/mol. The summed E-state index contributed by atoms with van der Waals surface area (Å²) in [4.78, 5) is 12.8. The Morgan fingerprint density at radius 3 is 2.41 bits per heavy atom. The van der Waals surface area contributed by atoms with Crippen molar-refractivity contribution in [3.05, 3.63) is 29.8 Å². The summed E-state index contributed by atoms with van der Waals surface area (Å²) in [6, 6.07) is 6.16.